The molecule has 4 nitrogen and oxygen atoms in total. The number of nitrogens with zero attached hydrogens (tertiary/aromatic N) is 4. The number of hydrogen-bond donors (Lipinski definition) is 0. The summed E-state index contributed by atoms with van der Waals surface area (Å²) in [5.41, 5.74) is 5.42. The van der Waals surface area contributed by atoms with E-state index in [1.165, 1.54) is 12.1 Å². The Labute approximate surface area is 273 Å². The van der Waals surface area contributed by atoms with Gasteiger partial charge in [-0.25, -0.2) is 4.85 Å². The average Bonchev–Trinajstić information content (AvgIpc) is 3.61. The van der Waals surface area contributed by atoms with Gasteiger partial charge in [0, 0.05) is 21.5 Å². The summed E-state index contributed by atoms with van der Waals surface area (Å²) in [5.74, 6) is 0. The fourth-order valence-electron chi connectivity index (χ4n) is 7.31. The van der Waals surface area contributed by atoms with E-state index in [0.29, 0.717) is 16.9 Å². The third kappa shape index (κ3) is 4.15. The molecule has 2 aromatic heterocycles. The maximum atomic E-state index is 14.7. The van der Waals surface area contributed by atoms with Crippen LogP contribution in [0.2, 0.25) is 0 Å². The number of hydrogen-bond acceptors (Lipinski definition) is 1. The van der Waals surface area contributed by atoms with Gasteiger partial charge in [0.2, 0.25) is 0 Å². The van der Waals surface area contributed by atoms with E-state index in [9.17, 15) is 18.4 Å². The van der Waals surface area contributed by atoms with Gasteiger partial charge in [0.25, 0.3) is 0 Å². The quantitative estimate of drug-likeness (QED) is 0.179. The van der Waals surface area contributed by atoms with E-state index in [4.69, 9.17) is 6.57 Å². The predicted octanol–water partition coefficient (Wildman–Crippen LogP) is 11.6. The molecule has 0 radical (unpaired) electrons. The summed E-state index contributed by atoms with van der Waals surface area (Å²) in [6.07, 6.45) is -4.72. The highest BCUT2D eigenvalue weighted by molar-refractivity contribution is 6.12. The second kappa shape index (κ2) is 10.6. The fraction of sp³-hybridized carbons (Fsp3) is 0.0732. The molecule has 0 atom stereocenters. The highest BCUT2D eigenvalue weighted by Gasteiger charge is 2.35. The Hall–Kier alpha value is -6.31. The summed E-state index contributed by atoms with van der Waals surface area (Å²) in [7, 11) is 0. The van der Waals surface area contributed by atoms with Crippen LogP contribution < -0.4 is 0 Å². The molecule has 7 heteroatoms. The first kappa shape index (κ1) is 29.1. The molecule has 230 valence electrons. The van der Waals surface area contributed by atoms with Crippen molar-refractivity contribution in [3.8, 4) is 28.6 Å². The minimum Gasteiger partial charge on any atom is -0.308 e. The van der Waals surface area contributed by atoms with Crippen LogP contribution in [0.5, 0.6) is 0 Å². The van der Waals surface area contributed by atoms with Gasteiger partial charge in [-0.05, 0) is 72.5 Å². The Morgan fingerprint density at radius 1 is 0.646 bits per heavy atom. The molecule has 6 aromatic carbocycles. The third-order valence-electron chi connectivity index (χ3n) is 9.26. The van der Waals surface area contributed by atoms with E-state index < -0.39 is 11.7 Å². The number of benzene rings is 6. The number of rotatable bonds is 3. The van der Waals surface area contributed by atoms with Crippen LogP contribution in [-0.2, 0) is 6.18 Å². The number of alkyl halides is 3. The molecule has 0 saturated carbocycles. The molecule has 0 aliphatic heterocycles. The van der Waals surface area contributed by atoms with Crippen molar-refractivity contribution >= 4 is 49.3 Å². The number of halogens is 3. The maximum Gasteiger partial charge on any atom is 0.415 e. The van der Waals surface area contributed by atoms with Crippen LogP contribution in [0, 0.1) is 31.8 Å². The number of aromatic nitrogens is 2. The van der Waals surface area contributed by atoms with Crippen molar-refractivity contribution in [2.24, 2.45) is 0 Å². The Kier molecular flexibility index (Phi) is 6.44. The van der Waals surface area contributed by atoms with Crippen molar-refractivity contribution in [3.05, 3.63) is 149 Å². The van der Waals surface area contributed by atoms with Crippen LogP contribution in [0.1, 0.15) is 22.3 Å². The summed E-state index contributed by atoms with van der Waals surface area (Å²) in [6, 6.07) is 36.9. The summed E-state index contributed by atoms with van der Waals surface area (Å²) in [5, 5.41) is 15.0. The largest absolute Gasteiger partial charge is 0.415 e. The van der Waals surface area contributed by atoms with Gasteiger partial charge in [0.05, 0.1) is 45.6 Å². The number of fused-ring (bicyclic) bond motifs is 6. The number of nitriles is 1. The third-order valence-corrected chi connectivity index (χ3v) is 9.26. The first-order valence-corrected chi connectivity index (χ1v) is 15.4. The first-order chi connectivity index (χ1) is 23.2. The van der Waals surface area contributed by atoms with Gasteiger partial charge in [-0.15, -0.1) is 0 Å². The van der Waals surface area contributed by atoms with E-state index in [1.807, 2.05) is 108 Å². The molecular formula is C41H25F3N4. The van der Waals surface area contributed by atoms with Crippen molar-refractivity contribution in [3.63, 3.8) is 0 Å². The SMILES string of the molecule is [C-]#[N+]c1cccc(C(F)(F)F)c1-c1cc(-n2c3ccccc3c3c(C)cccc32)c(C#N)c(-n2c3ccccc3c3c(C)cccc32)c1. The Morgan fingerprint density at radius 2 is 1.12 bits per heavy atom. The monoisotopic (exact) mass is 630 g/mol. The lowest BCUT2D eigenvalue weighted by molar-refractivity contribution is -0.137. The zero-order valence-corrected chi connectivity index (χ0v) is 25.9. The highest BCUT2D eigenvalue weighted by Crippen LogP contribution is 2.46. The molecule has 0 saturated heterocycles. The molecule has 0 bridgehead atoms. The number of para-hydroxylation sites is 2. The second-order valence-corrected chi connectivity index (χ2v) is 12.0. The summed E-state index contributed by atoms with van der Waals surface area (Å²) in [6.45, 7) is 11.9. The summed E-state index contributed by atoms with van der Waals surface area (Å²) < 4.78 is 48.0. The molecule has 0 N–H and O–H groups in total. The van der Waals surface area contributed by atoms with Crippen LogP contribution in [0.15, 0.2) is 115 Å². The Bertz CT molecular complexity index is 2570. The van der Waals surface area contributed by atoms with Crippen LogP contribution in [0.25, 0.3) is 71.0 Å². The van der Waals surface area contributed by atoms with Crippen LogP contribution in [0.4, 0.5) is 18.9 Å². The van der Waals surface area contributed by atoms with Crippen molar-refractivity contribution in [1.29, 1.82) is 5.26 Å². The molecular weight excluding hydrogens is 605 g/mol. The van der Waals surface area contributed by atoms with E-state index in [1.54, 1.807) is 12.1 Å². The van der Waals surface area contributed by atoms with E-state index >= 15 is 0 Å². The predicted molar refractivity (Wildman–Crippen MR) is 186 cm³/mol. The van der Waals surface area contributed by atoms with Crippen LogP contribution >= 0.6 is 0 Å². The van der Waals surface area contributed by atoms with Crippen molar-refractivity contribution in [2.75, 3.05) is 0 Å². The number of aryl methyl sites for hydroxylation is 2. The van der Waals surface area contributed by atoms with Crippen LogP contribution in [0.3, 0.4) is 0 Å². The molecule has 0 spiro atoms. The second-order valence-electron chi connectivity index (χ2n) is 12.0. The molecule has 0 amide bonds. The van der Waals surface area contributed by atoms with Gasteiger partial charge in [-0.2, -0.15) is 18.4 Å². The van der Waals surface area contributed by atoms with Crippen LogP contribution in [-0.4, -0.2) is 9.13 Å². The van der Waals surface area contributed by atoms with Gasteiger partial charge in [-0.1, -0.05) is 78.9 Å². The lowest BCUT2D eigenvalue weighted by atomic mass is 9.94. The molecule has 8 aromatic rings. The van der Waals surface area contributed by atoms with E-state index in [-0.39, 0.29) is 16.8 Å². The van der Waals surface area contributed by atoms with Gasteiger partial charge in [0.1, 0.15) is 11.6 Å². The van der Waals surface area contributed by atoms with Gasteiger partial charge in [-0.3, -0.25) is 0 Å². The van der Waals surface area contributed by atoms with E-state index in [0.717, 1.165) is 60.8 Å². The zero-order chi connectivity index (χ0) is 33.3. The van der Waals surface area contributed by atoms with Gasteiger partial charge < -0.3 is 9.13 Å². The lowest BCUT2D eigenvalue weighted by Crippen LogP contribution is -2.09. The average molecular weight is 631 g/mol. The summed E-state index contributed by atoms with van der Waals surface area (Å²) in [4.78, 5) is 3.54. The summed E-state index contributed by atoms with van der Waals surface area (Å²) >= 11 is 0. The maximum absolute atomic E-state index is 14.7. The topological polar surface area (TPSA) is 38.0 Å². The molecule has 0 aliphatic carbocycles. The lowest BCUT2D eigenvalue weighted by Gasteiger charge is -2.20. The molecule has 0 unspecified atom stereocenters. The molecule has 2 heterocycles. The molecule has 0 fully saturated rings. The van der Waals surface area contributed by atoms with E-state index in [2.05, 4.69) is 10.9 Å². The van der Waals surface area contributed by atoms with Gasteiger partial charge in [0.15, 0.2) is 5.69 Å². The normalized spacial score (nSPS) is 11.8. The Balaban J connectivity index is 1.62. The first-order valence-electron chi connectivity index (χ1n) is 15.4. The van der Waals surface area contributed by atoms with Crippen molar-refractivity contribution in [1.82, 2.24) is 9.13 Å². The van der Waals surface area contributed by atoms with Crippen molar-refractivity contribution < 1.29 is 13.2 Å². The molecule has 48 heavy (non-hydrogen) atoms. The molecule has 0 aliphatic rings. The highest BCUT2D eigenvalue weighted by atomic mass is 19.4. The standard InChI is InChI=1S/C41H25F3N4/c1-24-11-8-19-34-38(24)27-13-4-6-17-32(27)47(34)36-21-26(40-30(41(42,43)44)15-10-16-31(40)46-3)22-37(29(36)23-45)48-33-18-7-5-14-28(33)39-25(2)12-9-20-35(39)48/h4-22H,1-2H3. The smallest absolute Gasteiger partial charge is 0.308 e. The zero-order valence-electron chi connectivity index (χ0n) is 25.9. The fourth-order valence-corrected chi connectivity index (χ4v) is 7.31. The minimum atomic E-state index is -4.72. The molecule has 8 rings (SSSR count). The van der Waals surface area contributed by atoms with Gasteiger partial charge >= 0.3 is 6.18 Å². The minimum absolute atomic E-state index is 0.123. The van der Waals surface area contributed by atoms with Crippen molar-refractivity contribution in [2.45, 2.75) is 20.0 Å². The Morgan fingerprint density at radius 3 is 1.60 bits per heavy atom.